The van der Waals surface area contributed by atoms with Gasteiger partial charge in [-0.25, -0.2) is 18.3 Å². The molecule has 2 saturated heterocycles. The number of benzene rings is 2. The van der Waals surface area contributed by atoms with Crippen LogP contribution in [-0.2, 0) is 6.54 Å². The Hall–Kier alpha value is -3.70. The van der Waals surface area contributed by atoms with E-state index in [0.29, 0.717) is 42.4 Å². The number of hydrogen-bond acceptors (Lipinski definition) is 7. The maximum atomic E-state index is 14.6. The van der Waals surface area contributed by atoms with Crippen LogP contribution in [0.25, 0.3) is 5.65 Å². The third-order valence-corrected chi connectivity index (χ3v) is 7.96. The number of imidazole rings is 1. The number of phenols is 1. The number of aromatic nitrogens is 3. The van der Waals surface area contributed by atoms with Gasteiger partial charge in [-0.3, -0.25) is 9.69 Å². The van der Waals surface area contributed by atoms with Crippen molar-refractivity contribution in [3.05, 3.63) is 83.4 Å². The molecule has 0 spiro atoms. The molecule has 4 heterocycles. The van der Waals surface area contributed by atoms with Crippen LogP contribution in [0.15, 0.2) is 65.7 Å². The highest BCUT2D eigenvalue weighted by atomic mass is 32.2. The summed E-state index contributed by atoms with van der Waals surface area (Å²) in [4.78, 5) is 22.2. The van der Waals surface area contributed by atoms with E-state index in [4.69, 9.17) is 0 Å². The quantitative estimate of drug-likeness (QED) is 0.334. The average Bonchev–Trinajstić information content (AvgIpc) is 3.50. The van der Waals surface area contributed by atoms with Crippen molar-refractivity contribution in [2.45, 2.75) is 36.1 Å². The molecule has 2 aromatic carbocycles. The first-order valence-electron chi connectivity index (χ1n) is 12.8. The number of anilines is 1. The number of fused-ring (bicyclic) bond motifs is 1. The van der Waals surface area contributed by atoms with Gasteiger partial charge in [0.1, 0.15) is 23.6 Å². The van der Waals surface area contributed by atoms with Crippen LogP contribution in [0, 0.1) is 5.82 Å². The lowest BCUT2D eigenvalue weighted by atomic mass is 10.0. The van der Waals surface area contributed by atoms with Crippen LogP contribution in [0.3, 0.4) is 0 Å². The lowest BCUT2D eigenvalue weighted by Crippen LogP contribution is -2.58. The van der Waals surface area contributed by atoms with E-state index >= 15 is 0 Å². The van der Waals surface area contributed by atoms with Crippen molar-refractivity contribution in [3.63, 3.8) is 0 Å². The molecule has 2 atom stereocenters. The first-order chi connectivity index (χ1) is 18.9. The minimum Gasteiger partial charge on any atom is -0.508 e. The Kier molecular flexibility index (Phi) is 6.86. The molecule has 0 saturated carbocycles. The number of nitrogens with zero attached hydrogens (tertiary/aromatic N) is 5. The van der Waals surface area contributed by atoms with Crippen LogP contribution >= 0.6 is 11.8 Å². The summed E-state index contributed by atoms with van der Waals surface area (Å²) in [5, 5.41) is 17.4. The van der Waals surface area contributed by atoms with Gasteiger partial charge >= 0.3 is 0 Å². The van der Waals surface area contributed by atoms with Gasteiger partial charge in [0.2, 0.25) is 0 Å². The number of aromatic hydroxyl groups is 1. The lowest BCUT2D eigenvalue weighted by molar-refractivity contribution is 0.0789. The summed E-state index contributed by atoms with van der Waals surface area (Å²) >= 11 is 1.44. The van der Waals surface area contributed by atoms with Gasteiger partial charge in [-0.2, -0.15) is 0 Å². The van der Waals surface area contributed by atoms with Crippen molar-refractivity contribution in [1.82, 2.24) is 24.8 Å². The number of phenolic OH excluding ortho intramolecular Hbond substituents is 1. The fourth-order valence-electron chi connectivity index (χ4n) is 5.38. The van der Waals surface area contributed by atoms with Crippen molar-refractivity contribution in [3.8, 4) is 5.75 Å². The number of nitrogens with one attached hydrogen (secondary N) is 1. The maximum absolute atomic E-state index is 14.6. The summed E-state index contributed by atoms with van der Waals surface area (Å²) in [6.45, 7) is 2.20. The number of rotatable bonds is 7. The first kappa shape index (κ1) is 25.6. The molecule has 2 N–H and O–H groups in total. The minimum atomic E-state index is -1.08. The fraction of sp³-hybridized carbons (Fsp3) is 0.321. The largest absolute Gasteiger partial charge is 0.508 e. The SMILES string of the molecule is CSc1cc(F)cc(C2CC(F)CN2c2ccc3ncc(C(=O)NC4CN(Cc5cccc(O)c5)C4)n3n2)c1. The Bertz CT molecular complexity index is 1530. The Morgan fingerprint density at radius 1 is 1.15 bits per heavy atom. The standard InChI is InChI=1S/C28H28F2N6O2S/c1-39-23-9-18(8-19(29)10-23)24-11-20(30)14-35(24)27-6-5-26-31-12-25(36(26)33-27)28(38)32-21-15-34(16-21)13-17-3-2-4-22(37)7-17/h2-10,12,20-21,24,37H,11,13-16H2,1H3,(H,32,38). The summed E-state index contributed by atoms with van der Waals surface area (Å²) < 4.78 is 30.4. The molecule has 39 heavy (non-hydrogen) atoms. The van der Waals surface area contributed by atoms with E-state index in [-0.39, 0.29) is 42.5 Å². The molecule has 2 aliphatic rings. The first-order valence-corrected chi connectivity index (χ1v) is 14.0. The van der Waals surface area contributed by atoms with Crippen molar-refractivity contribution < 1.29 is 18.7 Å². The number of hydrogen-bond donors (Lipinski definition) is 2. The van der Waals surface area contributed by atoms with E-state index in [9.17, 15) is 18.7 Å². The summed E-state index contributed by atoms with van der Waals surface area (Å²) in [5.74, 6) is 0.0914. The monoisotopic (exact) mass is 550 g/mol. The summed E-state index contributed by atoms with van der Waals surface area (Å²) in [6.07, 6.45) is 2.51. The molecule has 4 aromatic rings. The fourth-order valence-corrected chi connectivity index (χ4v) is 5.87. The second-order valence-electron chi connectivity index (χ2n) is 10.1. The molecule has 0 bridgehead atoms. The van der Waals surface area contributed by atoms with Crippen LogP contribution in [0.1, 0.15) is 34.1 Å². The molecular weight excluding hydrogens is 522 g/mol. The van der Waals surface area contributed by atoms with Crippen molar-refractivity contribution in [1.29, 1.82) is 0 Å². The summed E-state index contributed by atoms with van der Waals surface area (Å²) in [5.41, 5.74) is 2.51. The number of amides is 1. The second-order valence-corrected chi connectivity index (χ2v) is 10.9. The predicted molar refractivity (Wildman–Crippen MR) is 145 cm³/mol. The molecule has 0 aliphatic carbocycles. The molecule has 0 radical (unpaired) electrons. The molecule has 11 heteroatoms. The highest BCUT2D eigenvalue weighted by Crippen LogP contribution is 2.38. The molecule has 2 unspecified atom stereocenters. The Morgan fingerprint density at radius 3 is 2.79 bits per heavy atom. The molecule has 2 aromatic heterocycles. The highest BCUT2D eigenvalue weighted by Gasteiger charge is 2.35. The van der Waals surface area contributed by atoms with Crippen molar-refractivity contribution in [2.24, 2.45) is 0 Å². The summed E-state index contributed by atoms with van der Waals surface area (Å²) in [7, 11) is 0. The van der Waals surface area contributed by atoms with Crippen molar-refractivity contribution in [2.75, 3.05) is 30.8 Å². The Balaban J connectivity index is 1.17. The number of carbonyl (C=O) groups is 1. The van der Waals surface area contributed by atoms with E-state index in [0.717, 1.165) is 10.5 Å². The van der Waals surface area contributed by atoms with Gasteiger partial charge in [0.05, 0.1) is 24.8 Å². The van der Waals surface area contributed by atoms with Crippen LogP contribution < -0.4 is 10.2 Å². The molecule has 202 valence electrons. The van der Waals surface area contributed by atoms with Crippen molar-refractivity contribution >= 4 is 29.1 Å². The van der Waals surface area contributed by atoms with Gasteiger partial charge in [-0.05, 0) is 59.8 Å². The Labute approximate surface area is 228 Å². The zero-order valence-corrected chi connectivity index (χ0v) is 22.1. The number of alkyl halides is 1. The van der Waals surface area contributed by atoms with Gasteiger partial charge in [-0.1, -0.05) is 12.1 Å². The molecule has 8 nitrogen and oxygen atoms in total. The molecule has 2 aliphatic heterocycles. The highest BCUT2D eigenvalue weighted by molar-refractivity contribution is 7.98. The average molecular weight is 551 g/mol. The van der Waals surface area contributed by atoms with E-state index in [1.807, 2.05) is 29.4 Å². The number of halogens is 2. The van der Waals surface area contributed by atoms with E-state index < -0.39 is 6.17 Å². The lowest BCUT2D eigenvalue weighted by Gasteiger charge is -2.39. The minimum absolute atomic E-state index is 0.0163. The van der Waals surface area contributed by atoms with E-state index in [2.05, 4.69) is 20.3 Å². The number of likely N-dealkylation sites (tertiary alicyclic amines) is 1. The van der Waals surface area contributed by atoms with Crippen LogP contribution in [0.5, 0.6) is 5.75 Å². The maximum Gasteiger partial charge on any atom is 0.271 e. The molecular formula is C28H28F2N6O2S. The normalized spacial score (nSPS) is 19.9. The number of thioether (sulfide) groups is 1. The van der Waals surface area contributed by atoms with Gasteiger partial charge in [0.25, 0.3) is 5.91 Å². The van der Waals surface area contributed by atoms with Gasteiger partial charge < -0.3 is 15.3 Å². The third-order valence-electron chi connectivity index (χ3n) is 7.25. The second kappa shape index (κ2) is 10.5. The molecule has 2 fully saturated rings. The molecule has 1 amide bonds. The van der Waals surface area contributed by atoms with Gasteiger partial charge in [0.15, 0.2) is 11.3 Å². The number of carbonyl (C=O) groups excluding carboxylic acids is 1. The van der Waals surface area contributed by atoms with Crippen LogP contribution in [0.4, 0.5) is 14.6 Å². The zero-order chi connectivity index (χ0) is 27.1. The van der Waals surface area contributed by atoms with Gasteiger partial charge in [-0.15, -0.1) is 16.9 Å². The van der Waals surface area contributed by atoms with Crippen LogP contribution in [-0.4, -0.2) is 68.6 Å². The third kappa shape index (κ3) is 5.28. The zero-order valence-electron chi connectivity index (χ0n) is 21.3. The molecule has 6 rings (SSSR count). The van der Waals surface area contributed by atoms with Crippen LogP contribution in [0.2, 0.25) is 0 Å². The topological polar surface area (TPSA) is 86.0 Å². The van der Waals surface area contributed by atoms with Gasteiger partial charge in [0, 0.05) is 31.0 Å². The van der Waals surface area contributed by atoms with E-state index in [1.165, 1.54) is 34.6 Å². The van der Waals surface area contributed by atoms with E-state index in [1.54, 1.807) is 24.3 Å². The Morgan fingerprint density at radius 2 is 2.00 bits per heavy atom. The summed E-state index contributed by atoms with van der Waals surface area (Å²) in [6, 6.07) is 15.1. The predicted octanol–water partition coefficient (Wildman–Crippen LogP) is 4.20. The smallest absolute Gasteiger partial charge is 0.271 e.